The van der Waals surface area contributed by atoms with Crippen molar-refractivity contribution in [3.8, 4) is 11.8 Å². The molecule has 0 bridgehead atoms. The van der Waals surface area contributed by atoms with Crippen LogP contribution in [0.5, 0.6) is 5.75 Å². The smallest absolute Gasteiger partial charge is 0.336 e. The molecule has 0 atom stereocenters. The molecular formula is C10H9NO3. The van der Waals surface area contributed by atoms with Gasteiger partial charge >= 0.3 is 5.97 Å². The van der Waals surface area contributed by atoms with Gasteiger partial charge in [-0.25, -0.2) is 4.79 Å². The molecule has 1 rings (SSSR count). The number of hydrogen-bond acceptors (Lipinski definition) is 3. The van der Waals surface area contributed by atoms with E-state index in [9.17, 15) is 9.90 Å². The van der Waals surface area contributed by atoms with Crippen molar-refractivity contribution in [1.29, 1.82) is 5.26 Å². The number of phenols is 1. The molecule has 0 amide bonds. The van der Waals surface area contributed by atoms with E-state index >= 15 is 0 Å². The summed E-state index contributed by atoms with van der Waals surface area (Å²) in [7, 11) is 0. The molecule has 72 valence electrons. The summed E-state index contributed by atoms with van der Waals surface area (Å²) in [5.41, 5.74) is 0.579. The molecule has 0 unspecified atom stereocenters. The number of aromatic hydroxyl groups is 1. The Labute approximate surface area is 81.0 Å². The summed E-state index contributed by atoms with van der Waals surface area (Å²) in [5.74, 6) is -1.26. The highest BCUT2D eigenvalue weighted by molar-refractivity contribution is 5.90. The molecule has 0 heterocycles. The van der Waals surface area contributed by atoms with Crippen LogP contribution < -0.4 is 0 Å². The fourth-order valence-electron chi connectivity index (χ4n) is 1.21. The highest BCUT2D eigenvalue weighted by Crippen LogP contribution is 2.22. The van der Waals surface area contributed by atoms with Crippen molar-refractivity contribution in [3.05, 3.63) is 28.8 Å². The summed E-state index contributed by atoms with van der Waals surface area (Å²) < 4.78 is 0. The SMILES string of the molecule is CCc1cc(O)c(C#N)cc1C(=O)O. The highest BCUT2D eigenvalue weighted by Gasteiger charge is 2.12. The molecule has 0 saturated carbocycles. The Bertz CT molecular complexity index is 418. The number of benzene rings is 1. The summed E-state index contributed by atoms with van der Waals surface area (Å²) in [6, 6.07) is 4.24. The second-order valence-corrected chi connectivity index (χ2v) is 2.80. The molecule has 1 aromatic carbocycles. The average Bonchev–Trinajstić information content (AvgIpc) is 2.16. The van der Waals surface area contributed by atoms with E-state index < -0.39 is 5.97 Å². The molecule has 1 aromatic rings. The molecular weight excluding hydrogens is 182 g/mol. The minimum Gasteiger partial charge on any atom is -0.507 e. The van der Waals surface area contributed by atoms with Crippen molar-refractivity contribution in [2.45, 2.75) is 13.3 Å². The van der Waals surface area contributed by atoms with E-state index in [2.05, 4.69) is 0 Å². The Morgan fingerprint density at radius 1 is 1.57 bits per heavy atom. The summed E-state index contributed by atoms with van der Waals surface area (Å²) in [6.45, 7) is 1.78. The fourth-order valence-corrected chi connectivity index (χ4v) is 1.21. The Balaban J connectivity index is 3.42. The quantitative estimate of drug-likeness (QED) is 0.742. The van der Waals surface area contributed by atoms with Crippen molar-refractivity contribution in [3.63, 3.8) is 0 Å². The topological polar surface area (TPSA) is 81.3 Å². The van der Waals surface area contributed by atoms with Gasteiger partial charge in [-0.2, -0.15) is 5.26 Å². The van der Waals surface area contributed by atoms with Crippen LogP contribution in [0.2, 0.25) is 0 Å². The number of nitriles is 1. The largest absolute Gasteiger partial charge is 0.507 e. The summed E-state index contributed by atoms with van der Waals surface area (Å²) in [4.78, 5) is 10.8. The summed E-state index contributed by atoms with van der Waals surface area (Å²) in [5, 5.41) is 26.7. The average molecular weight is 191 g/mol. The van der Waals surface area contributed by atoms with Crippen LogP contribution in [0.1, 0.15) is 28.4 Å². The predicted molar refractivity (Wildman–Crippen MR) is 49.2 cm³/mol. The maximum atomic E-state index is 10.8. The molecule has 0 aliphatic heterocycles. The first-order valence-corrected chi connectivity index (χ1v) is 4.09. The molecule has 0 aromatic heterocycles. The molecule has 0 radical (unpaired) electrons. The second-order valence-electron chi connectivity index (χ2n) is 2.80. The van der Waals surface area contributed by atoms with Gasteiger partial charge in [-0.3, -0.25) is 0 Å². The third kappa shape index (κ3) is 1.67. The number of rotatable bonds is 2. The van der Waals surface area contributed by atoms with Gasteiger partial charge in [-0.05, 0) is 24.1 Å². The molecule has 0 saturated heterocycles. The third-order valence-electron chi connectivity index (χ3n) is 1.95. The maximum Gasteiger partial charge on any atom is 0.336 e. The van der Waals surface area contributed by atoms with E-state index in [1.54, 1.807) is 13.0 Å². The normalized spacial score (nSPS) is 9.43. The number of aromatic carboxylic acids is 1. The van der Waals surface area contributed by atoms with Crippen LogP contribution >= 0.6 is 0 Å². The lowest BCUT2D eigenvalue weighted by atomic mass is 10.0. The Kier molecular flexibility index (Phi) is 2.73. The molecule has 14 heavy (non-hydrogen) atoms. The van der Waals surface area contributed by atoms with Gasteiger partial charge in [0.15, 0.2) is 0 Å². The number of hydrogen-bond donors (Lipinski definition) is 2. The van der Waals surface area contributed by atoms with Crippen LogP contribution in [0.3, 0.4) is 0 Å². The number of carboxylic acid groups (broad SMARTS) is 1. The third-order valence-corrected chi connectivity index (χ3v) is 1.95. The van der Waals surface area contributed by atoms with Crippen molar-refractivity contribution >= 4 is 5.97 Å². The lowest BCUT2D eigenvalue weighted by Crippen LogP contribution is -2.02. The monoisotopic (exact) mass is 191 g/mol. The first-order chi connectivity index (χ1) is 6.60. The molecule has 0 fully saturated rings. The van der Waals surface area contributed by atoms with E-state index in [4.69, 9.17) is 10.4 Å². The number of carboxylic acids is 1. The molecule has 0 aliphatic carbocycles. The summed E-state index contributed by atoms with van der Waals surface area (Å²) >= 11 is 0. The lowest BCUT2D eigenvalue weighted by molar-refractivity contribution is 0.0695. The second kappa shape index (κ2) is 3.79. The van der Waals surface area contributed by atoms with Crippen molar-refractivity contribution in [2.24, 2.45) is 0 Å². The minimum absolute atomic E-state index is 0.0143. The number of phenolic OH excluding ortho intramolecular Hbond substituents is 1. The Hall–Kier alpha value is -2.02. The van der Waals surface area contributed by atoms with Crippen molar-refractivity contribution < 1.29 is 15.0 Å². The Morgan fingerprint density at radius 2 is 2.21 bits per heavy atom. The predicted octanol–water partition coefficient (Wildman–Crippen LogP) is 1.52. The van der Waals surface area contributed by atoms with E-state index in [1.165, 1.54) is 12.1 Å². The molecule has 0 aliphatic rings. The lowest BCUT2D eigenvalue weighted by Gasteiger charge is -2.05. The standard InChI is InChI=1S/C10H9NO3/c1-2-6-4-9(12)7(5-11)3-8(6)10(13)14/h3-4,12H,2H2,1H3,(H,13,14). The zero-order valence-electron chi connectivity index (χ0n) is 7.61. The molecule has 2 N–H and O–H groups in total. The van der Waals surface area contributed by atoms with Gasteiger partial charge in [0.25, 0.3) is 0 Å². The number of carbonyl (C=O) groups is 1. The van der Waals surface area contributed by atoms with Gasteiger partial charge in [0, 0.05) is 0 Å². The first-order valence-electron chi connectivity index (χ1n) is 4.09. The van der Waals surface area contributed by atoms with Gasteiger partial charge in [-0.1, -0.05) is 6.92 Å². The molecule has 0 spiro atoms. The minimum atomic E-state index is -1.08. The maximum absolute atomic E-state index is 10.8. The van der Waals surface area contributed by atoms with Crippen LogP contribution in [0, 0.1) is 11.3 Å². The first kappa shape index (κ1) is 10.1. The molecule has 4 heteroatoms. The van der Waals surface area contributed by atoms with Gasteiger partial charge in [0.1, 0.15) is 11.8 Å². The molecule has 4 nitrogen and oxygen atoms in total. The van der Waals surface area contributed by atoms with Crippen LogP contribution in [-0.2, 0) is 6.42 Å². The van der Waals surface area contributed by atoms with Gasteiger partial charge in [0.2, 0.25) is 0 Å². The van der Waals surface area contributed by atoms with Gasteiger partial charge in [0.05, 0.1) is 11.1 Å². The van der Waals surface area contributed by atoms with Crippen LogP contribution in [0.25, 0.3) is 0 Å². The van der Waals surface area contributed by atoms with E-state index in [1.807, 2.05) is 0 Å². The Morgan fingerprint density at radius 3 is 2.64 bits per heavy atom. The van der Waals surface area contributed by atoms with Crippen molar-refractivity contribution in [2.75, 3.05) is 0 Å². The summed E-state index contributed by atoms with van der Waals surface area (Å²) in [6.07, 6.45) is 0.501. The van der Waals surface area contributed by atoms with Gasteiger partial charge in [-0.15, -0.1) is 0 Å². The van der Waals surface area contributed by atoms with E-state index in [0.29, 0.717) is 12.0 Å². The number of aryl methyl sites for hydroxylation is 1. The van der Waals surface area contributed by atoms with E-state index in [0.717, 1.165) is 0 Å². The van der Waals surface area contributed by atoms with Crippen LogP contribution in [-0.4, -0.2) is 16.2 Å². The highest BCUT2D eigenvalue weighted by atomic mass is 16.4. The van der Waals surface area contributed by atoms with Crippen LogP contribution in [0.15, 0.2) is 12.1 Å². The number of nitrogens with zero attached hydrogens (tertiary/aromatic N) is 1. The van der Waals surface area contributed by atoms with Gasteiger partial charge < -0.3 is 10.2 Å². The zero-order valence-corrected chi connectivity index (χ0v) is 7.61. The fraction of sp³-hybridized carbons (Fsp3) is 0.200. The zero-order chi connectivity index (χ0) is 10.7. The van der Waals surface area contributed by atoms with Crippen LogP contribution in [0.4, 0.5) is 0 Å². The van der Waals surface area contributed by atoms with Crippen molar-refractivity contribution in [1.82, 2.24) is 0 Å². The van der Waals surface area contributed by atoms with E-state index in [-0.39, 0.29) is 16.9 Å².